The van der Waals surface area contributed by atoms with E-state index < -0.39 is 5.60 Å². The Morgan fingerprint density at radius 1 is 0.929 bits per heavy atom. The van der Waals surface area contributed by atoms with E-state index in [9.17, 15) is 14.7 Å². The SMILES string of the molecule is CC12CCC(=O)CC1(O)[C@@H]1C[C@@H]1C1C2CCC2(C)C1C1C[C@@H]1C21CCC(=O)O1. The Morgan fingerprint density at radius 3 is 2.46 bits per heavy atom. The van der Waals surface area contributed by atoms with Gasteiger partial charge in [-0.15, -0.1) is 0 Å². The van der Waals surface area contributed by atoms with Gasteiger partial charge in [-0.3, -0.25) is 9.59 Å². The molecule has 7 fully saturated rings. The molecule has 0 amide bonds. The normalized spacial score (nSPS) is 65.8. The molecule has 4 heteroatoms. The minimum absolute atomic E-state index is 0.0229. The summed E-state index contributed by atoms with van der Waals surface area (Å²) in [4.78, 5) is 24.4. The van der Waals surface area contributed by atoms with Gasteiger partial charge in [-0.1, -0.05) is 13.8 Å². The average Bonchev–Trinajstić information content (AvgIpc) is 3.54. The van der Waals surface area contributed by atoms with Gasteiger partial charge in [-0.2, -0.15) is 0 Å². The van der Waals surface area contributed by atoms with Crippen LogP contribution < -0.4 is 0 Å². The zero-order valence-electron chi connectivity index (χ0n) is 17.1. The Bertz CT molecular complexity index is 821. The summed E-state index contributed by atoms with van der Waals surface area (Å²) >= 11 is 0. The molecule has 0 aromatic heterocycles. The van der Waals surface area contributed by atoms with Crippen molar-refractivity contribution in [2.45, 2.75) is 82.8 Å². The number of carbonyl (C=O) groups excluding carboxylic acids is 2. The van der Waals surface area contributed by atoms with Crippen LogP contribution in [0, 0.1) is 52.3 Å². The first-order valence-electron chi connectivity index (χ1n) is 11.7. The molecule has 1 N–H and O–H groups in total. The molecule has 1 heterocycles. The summed E-state index contributed by atoms with van der Waals surface area (Å²) in [7, 11) is 0. The second kappa shape index (κ2) is 4.55. The minimum Gasteiger partial charge on any atom is -0.458 e. The summed E-state index contributed by atoms with van der Waals surface area (Å²) in [6, 6.07) is 0. The van der Waals surface area contributed by atoms with E-state index in [1.165, 1.54) is 6.42 Å². The second-order valence-electron chi connectivity index (χ2n) is 12.1. The highest BCUT2D eigenvalue weighted by Gasteiger charge is 2.83. The van der Waals surface area contributed by atoms with E-state index in [1.807, 2.05) is 0 Å². The van der Waals surface area contributed by atoms with Crippen molar-refractivity contribution in [1.29, 1.82) is 0 Å². The van der Waals surface area contributed by atoms with Gasteiger partial charge in [0.2, 0.25) is 0 Å². The lowest BCUT2D eigenvalue weighted by Gasteiger charge is -2.64. The molecule has 28 heavy (non-hydrogen) atoms. The van der Waals surface area contributed by atoms with E-state index in [4.69, 9.17) is 4.74 Å². The number of fused-ring (bicyclic) bond motifs is 12. The molecule has 0 aromatic carbocycles. The molecule has 8 unspecified atom stereocenters. The highest BCUT2D eigenvalue weighted by Crippen LogP contribution is 2.83. The third-order valence-corrected chi connectivity index (χ3v) is 11.6. The van der Waals surface area contributed by atoms with Gasteiger partial charge >= 0.3 is 5.97 Å². The largest absolute Gasteiger partial charge is 0.458 e. The summed E-state index contributed by atoms with van der Waals surface area (Å²) < 4.78 is 6.20. The molecule has 0 radical (unpaired) electrons. The molecule has 1 aliphatic heterocycles. The van der Waals surface area contributed by atoms with E-state index >= 15 is 0 Å². The fourth-order valence-corrected chi connectivity index (χ4v) is 10.3. The number of rotatable bonds is 0. The van der Waals surface area contributed by atoms with Gasteiger partial charge in [-0.25, -0.2) is 0 Å². The maximum Gasteiger partial charge on any atom is 0.306 e. The van der Waals surface area contributed by atoms with Gasteiger partial charge in [0.05, 0.1) is 5.60 Å². The van der Waals surface area contributed by atoms with E-state index in [0.29, 0.717) is 54.8 Å². The first-order valence-corrected chi connectivity index (χ1v) is 11.7. The zero-order chi connectivity index (χ0) is 19.3. The van der Waals surface area contributed by atoms with E-state index in [1.54, 1.807) is 0 Å². The van der Waals surface area contributed by atoms with Gasteiger partial charge in [0.25, 0.3) is 0 Å². The Kier molecular flexibility index (Phi) is 2.74. The van der Waals surface area contributed by atoms with Gasteiger partial charge in [-0.05, 0) is 74.0 Å². The monoisotopic (exact) mass is 384 g/mol. The van der Waals surface area contributed by atoms with Gasteiger partial charge in [0.15, 0.2) is 0 Å². The molecular weight excluding hydrogens is 352 g/mol. The number of ketones is 1. The zero-order valence-corrected chi connectivity index (χ0v) is 17.1. The van der Waals surface area contributed by atoms with Crippen LogP contribution in [0.4, 0.5) is 0 Å². The summed E-state index contributed by atoms with van der Waals surface area (Å²) in [6.07, 6.45) is 8.04. The highest BCUT2D eigenvalue weighted by molar-refractivity contribution is 5.81. The van der Waals surface area contributed by atoms with Gasteiger partial charge in [0, 0.05) is 36.0 Å². The summed E-state index contributed by atoms with van der Waals surface area (Å²) in [5.74, 6) is 4.36. The molecule has 152 valence electrons. The lowest BCUT2D eigenvalue weighted by Crippen LogP contribution is -2.65. The third kappa shape index (κ3) is 1.55. The number of aliphatic hydroxyl groups is 1. The maximum atomic E-state index is 12.3. The fraction of sp³-hybridized carbons (Fsp3) is 0.917. The number of Topliss-reactive ketones (excluding diaryl/α,β-unsaturated/α-hetero) is 1. The molecule has 0 aromatic rings. The van der Waals surface area contributed by atoms with Gasteiger partial charge in [0.1, 0.15) is 11.4 Å². The topological polar surface area (TPSA) is 63.6 Å². The Hall–Kier alpha value is -0.900. The number of esters is 1. The molecule has 4 nitrogen and oxygen atoms in total. The van der Waals surface area contributed by atoms with Crippen LogP contribution in [0.1, 0.15) is 71.6 Å². The van der Waals surface area contributed by atoms with Crippen molar-refractivity contribution in [3.8, 4) is 0 Å². The van der Waals surface area contributed by atoms with Crippen molar-refractivity contribution in [3.05, 3.63) is 0 Å². The predicted molar refractivity (Wildman–Crippen MR) is 101 cm³/mol. The Balaban J connectivity index is 1.32. The third-order valence-electron chi connectivity index (χ3n) is 11.6. The summed E-state index contributed by atoms with van der Waals surface area (Å²) in [5.41, 5.74) is -0.943. The van der Waals surface area contributed by atoms with Crippen LogP contribution in [0.25, 0.3) is 0 Å². The molecule has 7 rings (SSSR count). The van der Waals surface area contributed by atoms with Crippen molar-refractivity contribution in [1.82, 2.24) is 0 Å². The molecule has 1 saturated heterocycles. The molecule has 11 atom stereocenters. The van der Waals surface area contributed by atoms with Crippen LogP contribution >= 0.6 is 0 Å². The average molecular weight is 385 g/mol. The number of hydrogen-bond donors (Lipinski definition) is 1. The quantitative estimate of drug-likeness (QED) is 0.649. The molecule has 6 saturated carbocycles. The smallest absolute Gasteiger partial charge is 0.306 e. The lowest BCUT2D eigenvalue weighted by molar-refractivity contribution is -0.223. The predicted octanol–water partition coefficient (Wildman–Crippen LogP) is 3.50. The maximum absolute atomic E-state index is 12.3. The Morgan fingerprint density at radius 2 is 1.71 bits per heavy atom. The molecule has 1 spiro atoms. The number of hydrogen-bond acceptors (Lipinski definition) is 4. The van der Waals surface area contributed by atoms with Crippen molar-refractivity contribution >= 4 is 11.8 Å². The van der Waals surface area contributed by atoms with Crippen LogP contribution in [-0.4, -0.2) is 28.1 Å². The van der Waals surface area contributed by atoms with Crippen molar-refractivity contribution in [2.75, 3.05) is 0 Å². The van der Waals surface area contributed by atoms with E-state index in [2.05, 4.69) is 13.8 Å². The van der Waals surface area contributed by atoms with Crippen LogP contribution in [0.3, 0.4) is 0 Å². The molecule has 7 aliphatic rings. The van der Waals surface area contributed by atoms with E-state index in [-0.39, 0.29) is 28.2 Å². The van der Waals surface area contributed by atoms with Crippen LogP contribution in [0.2, 0.25) is 0 Å². The van der Waals surface area contributed by atoms with Crippen molar-refractivity contribution in [2.24, 2.45) is 52.3 Å². The van der Waals surface area contributed by atoms with Gasteiger partial charge < -0.3 is 9.84 Å². The van der Waals surface area contributed by atoms with E-state index in [0.717, 1.165) is 38.0 Å². The second-order valence-corrected chi connectivity index (χ2v) is 12.1. The number of ether oxygens (including phenoxy) is 1. The summed E-state index contributed by atoms with van der Waals surface area (Å²) in [5, 5.41) is 11.8. The van der Waals surface area contributed by atoms with Crippen molar-refractivity contribution < 1.29 is 19.4 Å². The fourth-order valence-electron chi connectivity index (χ4n) is 10.3. The van der Waals surface area contributed by atoms with Crippen LogP contribution in [0.5, 0.6) is 0 Å². The highest BCUT2D eigenvalue weighted by atomic mass is 16.6. The summed E-state index contributed by atoms with van der Waals surface area (Å²) in [6.45, 7) is 4.77. The minimum atomic E-state index is -0.763. The van der Waals surface area contributed by atoms with Crippen molar-refractivity contribution in [3.63, 3.8) is 0 Å². The number of carbonyl (C=O) groups is 2. The van der Waals surface area contributed by atoms with Crippen LogP contribution in [-0.2, 0) is 14.3 Å². The standard InChI is InChI=1S/C24H32O4/c1-21-6-3-12(25)11-23(21,27)16-9-13(16)19-15(21)4-7-22(2)20(19)14-10-17(14)24(22)8-5-18(26)28-24/h13-17,19-20,27H,3-11H2,1-2H3/t13-,14?,15?,16+,17-,19?,20?,21?,22?,23?,24?/m0/s1. The first-order chi connectivity index (χ1) is 13.3. The van der Waals surface area contributed by atoms with Crippen LogP contribution in [0.15, 0.2) is 0 Å². The molecule has 0 bridgehead atoms. The first kappa shape index (κ1) is 16.8. The molecular formula is C24H32O4. The molecule has 6 aliphatic carbocycles. The Labute approximate surface area is 166 Å². The lowest BCUT2D eigenvalue weighted by atomic mass is 9.42.